The number of carbonyl (C=O) groups excluding carboxylic acids is 1. The number of amides is 1. The summed E-state index contributed by atoms with van der Waals surface area (Å²) in [7, 11) is 0. The number of carbonyl (C=O) groups is 1. The summed E-state index contributed by atoms with van der Waals surface area (Å²) in [5.74, 6) is -0.544. The fourth-order valence-corrected chi connectivity index (χ4v) is 1.44. The van der Waals surface area contributed by atoms with Gasteiger partial charge >= 0.3 is 0 Å². The monoisotopic (exact) mass is 281 g/mol. The molecule has 0 saturated carbocycles. The molecule has 0 heterocycles. The van der Waals surface area contributed by atoms with E-state index in [1.807, 2.05) is 6.07 Å². The number of nitro groups is 1. The van der Waals surface area contributed by atoms with Crippen LogP contribution in [-0.4, -0.2) is 17.4 Å². The zero-order valence-corrected chi connectivity index (χ0v) is 11.2. The Balaban J connectivity index is 2.91. The average Bonchev–Trinajstić information content (AvgIpc) is 2.36. The van der Waals surface area contributed by atoms with Crippen LogP contribution < -0.4 is 5.32 Å². The first-order valence-corrected chi connectivity index (χ1v) is 5.78. The van der Waals surface area contributed by atoms with E-state index >= 15 is 0 Å². The summed E-state index contributed by atoms with van der Waals surface area (Å²) in [6, 6.07) is 5.66. The van der Waals surface area contributed by atoms with E-state index in [4.69, 9.17) is 16.9 Å². The summed E-state index contributed by atoms with van der Waals surface area (Å²) < 4.78 is 0. The molecular weight excluding hydrogens is 270 g/mol. The van der Waals surface area contributed by atoms with Crippen molar-refractivity contribution in [1.29, 1.82) is 5.26 Å². The van der Waals surface area contributed by atoms with E-state index in [9.17, 15) is 14.9 Å². The van der Waals surface area contributed by atoms with Gasteiger partial charge in [-0.15, -0.1) is 0 Å². The van der Waals surface area contributed by atoms with Gasteiger partial charge in [0.1, 0.15) is 0 Å². The summed E-state index contributed by atoms with van der Waals surface area (Å²) in [6.07, 6.45) is 0. The van der Waals surface area contributed by atoms with Crippen LogP contribution in [0.5, 0.6) is 0 Å². The minimum Gasteiger partial charge on any atom is -0.350 e. The molecule has 1 N–H and O–H groups in total. The minimum absolute atomic E-state index is 0.0182. The van der Waals surface area contributed by atoms with E-state index in [0.29, 0.717) is 0 Å². The van der Waals surface area contributed by atoms with E-state index in [1.54, 1.807) is 13.8 Å². The zero-order chi connectivity index (χ0) is 14.6. The number of hydrogen-bond donors (Lipinski definition) is 1. The molecule has 7 heteroatoms. The van der Waals surface area contributed by atoms with Gasteiger partial charge in [-0.05, 0) is 19.9 Å². The van der Waals surface area contributed by atoms with Crippen LogP contribution >= 0.6 is 11.6 Å². The SMILES string of the molecule is CC(C)(C#N)CNC(=O)c1cc([N+](=O)[O-])ccc1Cl. The first-order valence-electron chi connectivity index (χ1n) is 5.40. The summed E-state index contributed by atoms with van der Waals surface area (Å²) in [5.41, 5.74) is -0.915. The molecule has 1 aromatic carbocycles. The highest BCUT2D eigenvalue weighted by Crippen LogP contribution is 2.22. The van der Waals surface area contributed by atoms with E-state index in [2.05, 4.69) is 5.32 Å². The molecule has 0 aliphatic rings. The Morgan fingerprint density at radius 2 is 2.21 bits per heavy atom. The fourth-order valence-electron chi connectivity index (χ4n) is 1.24. The van der Waals surface area contributed by atoms with Crippen LogP contribution in [-0.2, 0) is 0 Å². The third-order valence-corrected chi connectivity index (χ3v) is 2.73. The number of nitro benzene ring substituents is 1. The first kappa shape index (κ1) is 14.9. The number of non-ortho nitro benzene ring substituents is 1. The van der Waals surface area contributed by atoms with Crippen molar-refractivity contribution < 1.29 is 9.72 Å². The van der Waals surface area contributed by atoms with Crippen molar-refractivity contribution in [2.75, 3.05) is 6.54 Å². The molecule has 1 amide bonds. The Bertz CT molecular complexity index is 564. The molecule has 0 saturated heterocycles. The minimum atomic E-state index is -0.719. The van der Waals surface area contributed by atoms with Crippen LogP contribution in [0.4, 0.5) is 5.69 Å². The average molecular weight is 282 g/mol. The van der Waals surface area contributed by atoms with Crippen LogP contribution in [0.2, 0.25) is 5.02 Å². The van der Waals surface area contributed by atoms with Gasteiger partial charge in [-0.25, -0.2) is 0 Å². The van der Waals surface area contributed by atoms with Crippen LogP contribution in [0.25, 0.3) is 0 Å². The lowest BCUT2D eigenvalue weighted by Gasteiger charge is -2.16. The molecule has 0 bridgehead atoms. The van der Waals surface area contributed by atoms with Crippen LogP contribution in [0.1, 0.15) is 24.2 Å². The van der Waals surface area contributed by atoms with Gasteiger partial charge in [-0.2, -0.15) is 5.26 Å². The molecule has 100 valence electrons. The molecule has 0 unspecified atom stereocenters. The number of nitrogens with zero attached hydrogens (tertiary/aromatic N) is 2. The Kier molecular flexibility index (Phi) is 4.46. The predicted octanol–water partition coefficient (Wildman–Crippen LogP) is 2.53. The normalized spacial score (nSPS) is 10.6. The lowest BCUT2D eigenvalue weighted by atomic mass is 9.96. The Labute approximate surface area is 115 Å². The van der Waals surface area contributed by atoms with Crippen LogP contribution in [0, 0.1) is 26.9 Å². The van der Waals surface area contributed by atoms with E-state index in [1.165, 1.54) is 12.1 Å². The summed E-state index contributed by atoms with van der Waals surface area (Å²) in [4.78, 5) is 21.9. The molecule has 19 heavy (non-hydrogen) atoms. The van der Waals surface area contributed by atoms with E-state index < -0.39 is 16.2 Å². The number of nitrogens with one attached hydrogen (secondary N) is 1. The maximum atomic E-state index is 11.9. The third-order valence-electron chi connectivity index (χ3n) is 2.40. The van der Waals surface area contributed by atoms with E-state index in [-0.39, 0.29) is 22.8 Å². The highest BCUT2D eigenvalue weighted by Gasteiger charge is 2.20. The Morgan fingerprint density at radius 3 is 2.74 bits per heavy atom. The second-order valence-corrected chi connectivity index (χ2v) is 5.01. The van der Waals surface area contributed by atoms with Crippen LogP contribution in [0.15, 0.2) is 18.2 Å². The van der Waals surface area contributed by atoms with Gasteiger partial charge in [-0.3, -0.25) is 14.9 Å². The fraction of sp³-hybridized carbons (Fsp3) is 0.333. The molecule has 0 aliphatic carbocycles. The quantitative estimate of drug-likeness (QED) is 0.677. The molecule has 6 nitrogen and oxygen atoms in total. The number of rotatable bonds is 4. The van der Waals surface area contributed by atoms with Crippen molar-refractivity contribution in [3.63, 3.8) is 0 Å². The van der Waals surface area contributed by atoms with Crippen molar-refractivity contribution in [3.8, 4) is 6.07 Å². The van der Waals surface area contributed by atoms with Crippen molar-refractivity contribution in [2.45, 2.75) is 13.8 Å². The number of hydrogen-bond acceptors (Lipinski definition) is 4. The molecule has 0 aliphatic heterocycles. The molecule has 0 radical (unpaired) electrons. The molecule has 1 rings (SSSR count). The second kappa shape index (κ2) is 5.67. The number of benzene rings is 1. The standard InChI is InChI=1S/C12H12ClN3O3/c1-12(2,6-14)7-15-11(17)9-5-8(16(18)19)3-4-10(9)13/h3-5H,7H2,1-2H3,(H,15,17). The van der Waals surface area contributed by atoms with Crippen molar-refractivity contribution in [2.24, 2.45) is 5.41 Å². The van der Waals surface area contributed by atoms with E-state index in [0.717, 1.165) is 6.07 Å². The molecule has 0 spiro atoms. The summed E-state index contributed by atoms with van der Waals surface area (Å²) in [6.45, 7) is 3.46. The summed E-state index contributed by atoms with van der Waals surface area (Å²) in [5, 5.41) is 22.1. The second-order valence-electron chi connectivity index (χ2n) is 4.60. The largest absolute Gasteiger partial charge is 0.350 e. The van der Waals surface area contributed by atoms with Gasteiger partial charge < -0.3 is 5.32 Å². The molecule has 1 aromatic rings. The molecule has 0 aromatic heterocycles. The van der Waals surface area contributed by atoms with Crippen LogP contribution in [0.3, 0.4) is 0 Å². The number of nitriles is 1. The smallest absolute Gasteiger partial charge is 0.270 e. The highest BCUT2D eigenvalue weighted by atomic mass is 35.5. The zero-order valence-electron chi connectivity index (χ0n) is 10.4. The van der Waals surface area contributed by atoms with Gasteiger partial charge in [0.15, 0.2) is 0 Å². The Hall–Kier alpha value is -2.13. The van der Waals surface area contributed by atoms with Gasteiger partial charge in [-0.1, -0.05) is 11.6 Å². The summed E-state index contributed by atoms with van der Waals surface area (Å²) >= 11 is 5.83. The molecular formula is C12H12ClN3O3. The van der Waals surface area contributed by atoms with Crippen molar-refractivity contribution >= 4 is 23.2 Å². The van der Waals surface area contributed by atoms with Crippen molar-refractivity contribution in [3.05, 3.63) is 38.9 Å². The third kappa shape index (κ3) is 3.93. The van der Waals surface area contributed by atoms with Crippen molar-refractivity contribution in [1.82, 2.24) is 5.32 Å². The van der Waals surface area contributed by atoms with Gasteiger partial charge in [0.05, 0.1) is 27.0 Å². The van der Waals surface area contributed by atoms with Gasteiger partial charge in [0.25, 0.3) is 11.6 Å². The lowest BCUT2D eigenvalue weighted by Crippen LogP contribution is -2.33. The Morgan fingerprint density at radius 1 is 1.58 bits per heavy atom. The molecule has 0 atom stereocenters. The van der Waals surface area contributed by atoms with Gasteiger partial charge in [0, 0.05) is 18.7 Å². The highest BCUT2D eigenvalue weighted by molar-refractivity contribution is 6.33. The van der Waals surface area contributed by atoms with Gasteiger partial charge in [0.2, 0.25) is 0 Å². The maximum absolute atomic E-state index is 11.9. The first-order chi connectivity index (χ1) is 8.76. The lowest BCUT2D eigenvalue weighted by molar-refractivity contribution is -0.384. The maximum Gasteiger partial charge on any atom is 0.270 e. The topological polar surface area (TPSA) is 96.0 Å². The molecule has 0 fully saturated rings. The predicted molar refractivity (Wildman–Crippen MR) is 69.8 cm³/mol. The number of halogens is 1.